The summed E-state index contributed by atoms with van der Waals surface area (Å²) in [6.45, 7) is 1.98. The molecular formula is C25H27N3O7. The number of fused-ring (bicyclic) bond motifs is 1. The maximum atomic E-state index is 13.4. The Hall–Kier alpha value is -4.21. The molecular weight excluding hydrogens is 454 g/mol. The highest BCUT2D eigenvalue weighted by Gasteiger charge is 2.42. The number of benzene rings is 2. The lowest BCUT2D eigenvalue weighted by Crippen LogP contribution is -2.56. The summed E-state index contributed by atoms with van der Waals surface area (Å²) in [4.78, 5) is 64.0. The SMILES string of the molecule is CCCCOC(=O)CC(NC(=O)N(Cc1ccccc1)N1C(=O)c2ccccc2C1=O)C(=O)OC. The van der Waals surface area contributed by atoms with Gasteiger partial charge in [0.1, 0.15) is 6.04 Å². The number of hydrazine groups is 1. The number of carbonyl (C=O) groups excluding carboxylic acids is 5. The molecule has 0 radical (unpaired) electrons. The minimum Gasteiger partial charge on any atom is -0.467 e. The van der Waals surface area contributed by atoms with Crippen LogP contribution in [-0.2, 0) is 25.6 Å². The van der Waals surface area contributed by atoms with E-state index in [0.29, 0.717) is 12.0 Å². The molecule has 4 amide bonds. The second kappa shape index (κ2) is 11.8. The van der Waals surface area contributed by atoms with Crippen LogP contribution in [0.1, 0.15) is 52.5 Å². The van der Waals surface area contributed by atoms with Crippen molar-refractivity contribution in [1.82, 2.24) is 15.3 Å². The fraction of sp³-hybridized carbons (Fsp3) is 0.320. The second-order valence-corrected chi connectivity index (χ2v) is 7.81. The molecule has 10 nitrogen and oxygen atoms in total. The molecule has 1 aliphatic heterocycles. The van der Waals surface area contributed by atoms with Gasteiger partial charge in [-0.1, -0.05) is 55.8 Å². The van der Waals surface area contributed by atoms with Gasteiger partial charge in [0.15, 0.2) is 0 Å². The van der Waals surface area contributed by atoms with Crippen molar-refractivity contribution < 1.29 is 33.4 Å². The molecule has 10 heteroatoms. The predicted molar refractivity (Wildman–Crippen MR) is 124 cm³/mol. The van der Waals surface area contributed by atoms with Crippen molar-refractivity contribution >= 4 is 29.8 Å². The first-order chi connectivity index (χ1) is 16.9. The summed E-state index contributed by atoms with van der Waals surface area (Å²) >= 11 is 0. The van der Waals surface area contributed by atoms with E-state index in [1.54, 1.807) is 42.5 Å². The Morgan fingerprint density at radius 1 is 0.971 bits per heavy atom. The fourth-order valence-electron chi connectivity index (χ4n) is 3.50. The van der Waals surface area contributed by atoms with Gasteiger partial charge in [-0.05, 0) is 24.1 Å². The molecule has 0 aromatic heterocycles. The van der Waals surface area contributed by atoms with Crippen molar-refractivity contribution in [2.24, 2.45) is 0 Å². The first-order valence-electron chi connectivity index (χ1n) is 11.2. The van der Waals surface area contributed by atoms with E-state index in [2.05, 4.69) is 5.32 Å². The molecule has 1 unspecified atom stereocenters. The fourth-order valence-corrected chi connectivity index (χ4v) is 3.50. The van der Waals surface area contributed by atoms with Crippen LogP contribution in [0.15, 0.2) is 54.6 Å². The summed E-state index contributed by atoms with van der Waals surface area (Å²) in [7, 11) is 1.12. The predicted octanol–water partition coefficient (Wildman–Crippen LogP) is 2.68. The van der Waals surface area contributed by atoms with Gasteiger partial charge in [-0.2, -0.15) is 5.01 Å². The van der Waals surface area contributed by atoms with Crippen LogP contribution in [0.2, 0.25) is 0 Å². The molecule has 1 N–H and O–H groups in total. The third-order valence-corrected chi connectivity index (χ3v) is 5.34. The summed E-state index contributed by atoms with van der Waals surface area (Å²) < 4.78 is 9.82. The van der Waals surface area contributed by atoms with Crippen molar-refractivity contribution in [2.75, 3.05) is 13.7 Å². The van der Waals surface area contributed by atoms with Crippen LogP contribution in [0.4, 0.5) is 4.79 Å². The van der Waals surface area contributed by atoms with Gasteiger partial charge in [-0.25, -0.2) is 14.6 Å². The molecule has 1 heterocycles. The molecule has 1 atom stereocenters. The number of esters is 2. The van der Waals surface area contributed by atoms with Gasteiger partial charge in [-0.15, -0.1) is 0 Å². The van der Waals surface area contributed by atoms with E-state index in [1.807, 2.05) is 6.92 Å². The topological polar surface area (TPSA) is 122 Å². The first kappa shape index (κ1) is 25.4. The van der Waals surface area contributed by atoms with Crippen molar-refractivity contribution in [3.63, 3.8) is 0 Å². The molecule has 2 aromatic carbocycles. The molecule has 0 spiro atoms. The third kappa shape index (κ3) is 6.03. The summed E-state index contributed by atoms with van der Waals surface area (Å²) in [5.41, 5.74) is 0.951. The van der Waals surface area contributed by atoms with Crippen molar-refractivity contribution in [3.05, 3.63) is 71.3 Å². The standard InChI is InChI=1S/C25H27N3O7/c1-3-4-14-35-21(29)15-20(24(32)34-2)26-25(33)27(16-17-10-6-5-7-11-17)28-22(30)18-12-8-9-13-19(18)23(28)31/h5-13,20H,3-4,14-16H2,1-2H3,(H,26,33). The molecule has 0 fully saturated rings. The van der Waals surface area contributed by atoms with Crippen molar-refractivity contribution in [2.45, 2.75) is 38.8 Å². The maximum absolute atomic E-state index is 13.4. The van der Waals surface area contributed by atoms with Crippen LogP contribution in [-0.4, -0.2) is 59.6 Å². The Balaban J connectivity index is 1.86. The summed E-state index contributed by atoms with van der Waals surface area (Å²) in [6, 6.07) is 12.6. The Bertz CT molecular complexity index is 1070. The van der Waals surface area contributed by atoms with E-state index >= 15 is 0 Å². The Labute approximate surface area is 202 Å². The quantitative estimate of drug-likeness (QED) is 0.314. The molecule has 0 saturated carbocycles. The van der Waals surface area contributed by atoms with Crippen LogP contribution < -0.4 is 5.32 Å². The van der Waals surface area contributed by atoms with E-state index in [0.717, 1.165) is 23.5 Å². The highest BCUT2D eigenvalue weighted by atomic mass is 16.5. The smallest absolute Gasteiger partial charge is 0.337 e. The Kier molecular flexibility index (Phi) is 8.55. The molecule has 0 bridgehead atoms. The number of methoxy groups -OCH3 is 1. The number of nitrogens with one attached hydrogen (secondary N) is 1. The van der Waals surface area contributed by atoms with E-state index in [1.165, 1.54) is 12.1 Å². The van der Waals surface area contributed by atoms with E-state index in [4.69, 9.17) is 9.47 Å². The number of ether oxygens (including phenoxy) is 2. The first-order valence-corrected chi connectivity index (χ1v) is 11.2. The summed E-state index contributed by atoms with van der Waals surface area (Å²) in [5, 5.41) is 4.07. The number of rotatable bonds is 10. The number of hydrogen-bond acceptors (Lipinski definition) is 7. The summed E-state index contributed by atoms with van der Waals surface area (Å²) in [6.07, 6.45) is 1.01. The zero-order valence-corrected chi connectivity index (χ0v) is 19.6. The van der Waals surface area contributed by atoms with E-state index < -0.39 is 42.2 Å². The van der Waals surface area contributed by atoms with E-state index in [-0.39, 0.29) is 24.3 Å². The molecule has 0 saturated heterocycles. The normalized spacial score (nSPS) is 13.1. The van der Waals surface area contributed by atoms with Gasteiger partial charge < -0.3 is 14.8 Å². The maximum Gasteiger partial charge on any atom is 0.337 e. The second-order valence-electron chi connectivity index (χ2n) is 7.81. The Morgan fingerprint density at radius 3 is 2.14 bits per heavy atom. The van der Waals surface area contributed by atoms with Gasteiger partial charge in [0.25, 0.3) is 11.8 Å². The highest BCUT2D eigenvalue weighted by Crippen LogP contribution is 2.25. The monoisotopic (exact) mass is 481 g/mol. The molecule has 2 aromatic rings. The number of urea groups is 1. The minimum atomic E-state index is -1.38. The third-order valence-electron chi connectivity index (χ3n) is 5.34. The van der Waals surface area contributed by atoms with Gasteiger partial charge >= 0.3 is 18.0 Å². The highest BCUT2D eigenvalue weighted by molar-refractivity contribution is 6.21. The summed E-state index contributed by atoms with van der Waals surface area (Å²) in [5.74, 6) is -2.91. The molecule has 1 aliphatic rings. The Morgan fingerprint density at radius 2 is 1.57 bits per heavy atom. The van der Waals surface area contributed by atoms with Gasteiger partial charge in [0.05, 0.1) is 37.8 Å². The van der Waals surface area contributed by atoms with E-state index in [9.17, 15) is 24.0 Å². The van der Waals surface area contributed by atoms with Gasteiger partial charge in [-0.3, -0.25) is 14.4 Å². The number of hydrogen-bond donors (Lipinski definition) is 1. The number of imide groups is 1. The zero-order valence-electron chi connectivity index (χ0n) is 19.6. The van der Waals surface area contributed by atoms with Gasteiger partial charge in [0.2, 0.25) is 0 Å². The lowest BCUT2D eigenvalue weighted by atomic mass is 10.1. The number of amides is 4. The molecule has 35 heavy (non-hydrogen) atoms. The lowest BCUT2D eigenvalue weighted by Gasteiger charge is -2.31. The molecule has 3 rings (SSSR count). The number of unbranched alkanes of at least 4 members (excludes halogenated alkanes) is 1. The lowest BCUT2D eigenvalue weighted by molar-refractivity contribution is -0.151. The average Bonchev–Trinajstić information content (AvgIpc) is 3.12. The molecule has 0 aliphatic carbocycles. The molecule has 184 valence electrons. The van der Waals surface area contributed by atoms with Crippen LogP contribution in [0.25, 0.3) is 0 Å². The van der Waals surface area contributed by atoms with Crippen LogP contribution in [0, 0.1) is 0 Å². The number of nitrogens with zero attached hydrogens (tertiary/aromatic N) is 2. The van der Waals surface area contributed by atoms with Gasteiger partial charge in [0, 0.05) is 0 Å². The van der Waals surface area contributed by atoms with Crippen molar-refractivity contribution in [3.8, 4) is 0 Å². The van der Waals surface area contributed by atoms with Crippen LogP contribution in [0.5, 0.6) is 0 Å². The van der Waals surface area contributed by atoms with Crippen LogP contribution >= 0.6 is 0 Å². The van der Waals surface area contributed by atoms with Crippen LogP contribution in [0.3, 0.4) is 0 Å². The number of carbonyl (C=O) groups is 5. The largest absolute Gasteiger partial charge is 0.467 e. The average molecular weight is 482 g/mol. The zero-order chi connectivity index (χ0) is 25.4. The van der Waals surface area contributed by atoms with Crippen molar-refractivity contribution in [1.29, 1.82) is 0 Å². The minimum absolute atomic E-state index is 0.146.